The monoisotopic (exact) mass is 320 g/mol. The summed E-state index contributed by atoms with van der Waals surface area (Å²) in [5.41, 5.74) is 1.67. The van der Waals surface area contributed by atoms with Crippen LogP contribution in [0.5, 0.6) is 0 Å². The van der Waals surface area contributed by atoms with Crippen LogP contribution in [0.2, 0.25) is 0 Å². The number of rotatable bonds is 5. The Morgan fingerprint density at radius 3 is 3.00 bits per heavy atom. The van der Waals surface area contributed by atoms with Crippen LogP contribution >= 0.6 is 11.8 Å². The molecule has 0 amide bonds. The number of aliphatic hydroxyl groups excluding tert-OH is 1. The fourth-order valence-corrected chi connectivity index (χ4v) is 2.79. The predicted molar refractivity (Wildman–Crippen MR) is 79.4 cm³/mol. The summed E-state index contributed by atoms with van der Waals surface area (Å²) in [6, 6.07) is 4.31. The molecule has 1 aromatic carbocycles. The highest BCUT2D eigenvalue weighted by molar-refractivity contribution is 7.98. The van der Waals surface area contributed by atoms with Crippen molar-refractivity contribution in [3.8, 4) is 0 Å². The molecule has 0 fully saturated rings. The summed E-state index contributed by atoms with van der Waals surface area (Å²) in [5.74, 6) is 0.909. The first-order chi connectivity index (χ1) is 10.6. The molecule has 3 aromatic rings. The summed E-state index contributed by atoms with van der Waals surface area (Å²) in [5, 5.41) is 20.6. The number of benzene rings is 1. The van der Waals surface area contributed by atoms with Gasteiger partial charge in [-0.2, -0.15) is 0 Å². The number of nitro groups is 1. The Labute approximate surface area is 128 Å². The van der Waals surface area contributed by atoms with Crippen LogP contribution in [0.4, 0.5) is 5.69 Å². The number of nitrogens with zero attached hydrogens (tertiary/aromatic N) is 4. The predicted octanol–water partition coefficient (Wildman–Crippen LogP) is 2.25. The van der Waals surface area contributed by atoms with Gasteiger partial charge in [-0.3, -0.25) is 10.1 Å². The second-order valence-corrected chi connectivity index (χ2v) is 5.50. The van der Waals surface area contributed by atoms with Crippen molar-refractivity contribution in [3.63, 3.8) is 0 Å². The standard InChI is InChI=1S/C13H12N4O4S/c1-16-9(6-18)5-14-13(16)22-7-12-15-10-4-8(17(19)20)2-3-11(10)21-12/h2-5,18H,6-7H2,1H3. The topological polar surface area (TPSA) is 107 Å². The highest BCUT2D eigenvalue weighted by Crippen LogP contribution is 2.26. The minimum absolute atomic E-state index is 0.0170. The molecule has 0 saturated heterocycles. The van der Waals surface area contributed by atoms with Gasteiger partial charge in [0.2, 0.25) is 5.89 Å². The van der Waals surface area contributed by atoms with Gasteiger partial charge in [-0.25, -0.2) is 9.97 Å². The molecule has 3 rings (SSSR count). The SMILES string of the molecule is Cn1c(CO)cnc1SCc1nc2cc([N+](=O)[O-])ccc2o1. The molecule has 114 valence electrons. The molecule has 9 heteroatoms. The number of aliphatic hydroxyl groups is 1. The zero-order valence-electron chi connectivity index (χ0n) is 11.6. The van der Waals surface area contributed by atoms with E-state index in [1.807, 2.05) is 7.05 Å². The fourth-order valence-electron chi connectivity index (χ4n) is 1.97. The molecular formula is C13H12N4O4S. The van der Waals surface area contributed by atoms with E-state index in [2.05, 4.69) is 9.97 Å². The van der Waals surface area contributed by atoms with Crippen molar-refractivity contribution >= 4 is 28.5 Å². The molecule has 2 heterocycles. The van der Waals surface area contributed by atoms with Crippen LogP contribution in [0, 0.1) is 10.1 Å². The lowest BCUT2D eigenvalue weighted by Crippen LogP contribution is -1.97. The summed E-state index contributed by atoms with van der Waals surface area (Å²) in [6.07, 6.45) is 1.61. The van der Waals surface area contributed by atoms with E-state index in [0.29, 0.717) is 22.7 Å². The van der Waals surface area contributed by atoms with E-state index < -0.39 is 4.92 Å². The van der Waals surface area contributed by atoms with Gasteiger partial charge >= 0.3 is 0 Å². The Bertz CT molecular complexity index is 842. The molecular weight excluding hydrogens is 308 g/mol. The second-order valence-electron chi connectivity index (χ2n) is 4.55. The number of thioether (sulfide) groups is 1. The van der Waals surface area contributed by atoms with Crippen LogP contribution in [0.3, 0.4) is 0 Å². The van der Waals surface area contributed by atoms with Gasteiger partial charge < -0.3 is 14.1 Å². The Morgan fingerprint density at radius 2 is 2.32 bits per heavy atom. The van der Waals surface area contributed by atoms with Crippen molar-refractivity contribution in [1.82, 2.24) is 14.5 Å². The third kappa shape index (κ3) is 2.68. The second kappa shape index (κ2) is 5.78. The molecule has 22 heavy (non-hydrogen) atoms. The molecule has 8 nitrogen and oxygen atoms in total. The number of hydrogen-bond acceptors (Lipinski definition) is 7. The van der Waals surface area contributed by atoms with Crippen molar-refractivity contribution in [3.05, 3.63) is 46.1 Å². The lowest BCUT2D eigenvalue weighted by atomic mass is 10.3. The molecule has 0 unspecified atom stereocenters. The molecule has 0 saturated carbocycles. The van der Waals surface area contributed by atoms with Crippen molar-refractivity contribution in [2.24, 2.45) is 7.05 Å². The van der Waals surface area contributed by atoms with Crippen molar-refractivity contribution in [1.29, 1.82) is 0 Å². The Balaban J connectivity index is 1.79. The minimum atomic E-state index is -0.465. The van der Waals surface area contributed by atoms with Gasteiger partial charge in [-0.1, -0.05) is 11.8 Å². The Hall–Kier alpha value is -2.39. The molecule has 0 spiro atoms. The first-order valence-electron chi connectivity index (χ1n) is 6.36. The van der Waals surface area contributed by atoms with Gasteiger partial charge in [0.25, 0.3) is 5.69 Å². The average Bonchev–Trinajstić information content (AvgIpc) is 3.07. The average molecular weight is 320 g/mol. The van der Waals surface area contributed by atoms with Gasteiger partial charge in [-0.15, -0.1) is 0 Å². The fraction of sp³-hybridized carbons (Fsp3) is 0.231. The normalized spacial score (nSPS) is 11.2. The van der Waals surface area contributed by atoms with Crippen LogP contribution < -0.4 is 0 Å². The zero-order chi connectivity index (χ0) is 15.7. The van der Waals surface area contributed by atoms with Gasteiger partial charge in [0.1, 0.15) is 5.52 Å². The number of hydrogen-bond donors (Lipinski definition) is 1. The lowest BCUT2D eigenvalue weighted by molar-refractivity contribution is -0.384. The summed E-state index contributed by atoms with van der Waals surface area (Å²) in [6.45, 7) is -0.0728. The van der Waals surface area contributed by atoms with Crippen molar-refractivity contribution in [2.75, 3.05) is 0 Å². The third-order valence-corrected chi connectivity index (χ3v) is 4.18. The van der Waals surface area contributed by atoms with Gasteiger partial charge in [0.15, 0.2) is 10.7 Å². The Kier molecular flexibility index (Phi) is 3.82. The number of non-ortho nitro benzene ring substituents is 1. The number of oxazole rings is 1. The maximum Gasteiger partial charge on any atom is 0.271 e. The molecule has 0 atom stereocenters. The molecule has 2 aromatic heterocycles. The molecule has 0 aliphatic rings. The van der Waals surface area contributed by atoms with Crippen LogP contribution in [0.1, 0.15) is 11.6 Å². The van der Waals surface area contributed by atoms with E-state index in [1.54, 1.807) is 16.8 Å². The number of aromatic nitrogens is 3. The third-order valence-electron chi connectivity index (χ3n) is 3.15. The molecule has 0 aliphatic carbocycles. The minimum Gasteiger partial charge on any atom is -0.440 e. The van der Waals surface area contributed by atoms with Crippen LogP contribution in [0.25, 0.3) is 11.1 Å². The van der Waals surface area contributed by atoms with Gasteiger partial charge in [0.05, 0.1) is 29.2 Å². The smallest absolute Gasteiger partial charge is 0.271 e. The summed E-state index contributed by atoms with van der Waals surface area (Å²) >= 11 is 1.41. The maximum atomic E-state index is 10.7. The summed E-state index contributed by atoms with van der Waals surface area (Å²) in [4.78, 5) is 18.7. The summed E-state index contributed by atoms with van der Waals surface area (Å²) in [7, 11) is 1.82. The highest BCUT2D eigenvalue weighted by atomic mass is 32.2. The van der Waals surface area contributed by atoms with Crippen LogP contribution in [-0.2, 0) is 19.4 Å². The Morgan fingerprint density at radius 1 is 1.50 bits per heavy atom. The van der Waals surface area contributed by atoms with E-state index in [0.717, 1.165) is 10.9 Å². The number of nitro benzene ring substituents is 1. The largest absolute Gasteiger partial charge is 0.440 e. The lowest BCUT2D eigenvalue weighted by Gasteiger charge is -2.01. The molecule has 1 N–H and O–H groups in total. The van der Waals surface area contributed by atoms with E-state index in [4.69, 9.17) is 9.52 Å². The summed E-state index contributed by atoms with van der Waals surface area (Å²) < 4.78 is 7.35. The maximum absolute atomic E-state index is 10.7. The van der Waals surface area contributed by atoms with Crippen molar-refractivity contribution < 1.29 is 14.4 Å². The number of imidazole rings is 1. The van der Waals surface area contributed by atoms with E-state index in [9.17, 15) is 10.1 Å². The quantitative estimate of drug-likeness (QED) is 0.436. The molecule has 0 radical (unpaired) electrons. The zero-order valence-corrected chi connectivity index (χ0v) is 12.4. The highest BCUT2D eigenvalue weighted by Gasteiger charge is 2.13. The first kappa shape index (κ1) is 14.5. The van der Waals surface area contributed by atoms with Crippen LogP contribution in [-0.4, -0.2) is 24.6 Å². The van der Waals surface area contributed by atoms with Gasteiger partial charge in [0, 0.05) is 19.2 Å². The number of fused-ring (bicyclic) bond motifs is 1. The molecule has 0 aliphatic heterocycles. The van der Waals surface area contributed by atoms with Gasteiger partial charge in [-0.05, 0) is 6.07 Å². The van der Waals surface area contributed by atoms with Crippen molar-refractivity contribution in [2.45, 2.75) is 17.5 Å². The first-order valence-corrected chi connectivity index (χ1v) is 7.35. The van der Waals surface area contributed by atoms with E-state index in [1.165, 1.54) is 23.9 Å². The van der Waals surface area contributed by atoms with E-state index >= 15 is 0 Å². The van der Waals surface area contributed by atoms with Crippen LogP contribution in [0.15, 0.2) is 34.0 Å². The van der Waals surface area contributed by atoms with E-state index in [-0.39, 0.29) is 12.3 Å². The molecule has 0 bridgehead atoms.